The van der Waals surface area contributed by atoms with Gasteiger partial charge in [0.25, 0.3) is 0 Å². The van der Waals surface area contributed by atoms with Crippen LogP contribution >= 0.6 is 0 Å². The second-order valence-corrected chi connectivity index (χ2v) is 5.79. The number of rotatable bonds is 3. The Bertz CT molecular complexity index is 231. The largest absolute Gasteiger partial charge is 0.375 e. The first-order valence-electron chi connectivity index (χ1n) is 6.72. The van der Waals surface area contributed by atoms with Gasteiger partial charge in [0, 0.05) is 18.5 Å². The summed E-state index contributed by atoms with van der Waals surface area (Å²) in [6.07, 6.45) is 9.40. The van der Waals surface area contributed by atoms with Gasteiger partial charge in [0.2, 0.25) is 0 Å². The Morgan fingerprint density at radius 3 is 2.73 bits per heavy atom. The molecule has 2 heteroatoms. The smallest absolute Gasteiger partial charge is 0.0621 e. The van der Waals surface area contributed by atoms with Gasteiger partial charge in [0.15, 0.2) is 0 Å². The fourth-order valence-electron chi connectivity index (χ4n) is 3.71. The topological polar surface area (TPSA) is 21.3 Å². The lowest BCUT2D eigenvalue weighted by molar-refractivity contribution is 0.0917. The molecule has 5 atom stereocenters. The Hall–Kier alpha value is -0.0800. The van der Waals surface area contributed by atoms with Crippen molar-refractivity contribution < 1.29 is 4.74 Å². The van der Waals surface area contributed by atoms with E-state index in [0.29, 0.717) is 12.2 Å². The molecule has 0 aromatic rings. The summed E-state index contributed by atoms with van der Waals surface area (Å²) in [5.41, 5.74) is 0. The molecule has 0 radical (unpaired) electrons. The SMILES string of the molecule is CC1CCCC1NCC1CC2CCC1O2. The van der Waals surface area contributed by atoms with Crippen LogP contribution in [0.1, 0.15) is 45.4 Å². The minimum absolute atomic E-state index is 0.596. The highest BCUT2D eigenvalue weighted by Gasteiger charge is 2.40. The Morgan fingerprint density at radius 1 is 1.20 bits per heavy atom. The lowest BCUT2D eigenvalue weighted by atomic mass is 9.89. The molecule has 15 heavy (non-hydrogen) atoms. The van der Waals surface area contributed by atoms with E-state index >= 15 is 0 Å². The Labute approximate surface area is 92.8 Å². The highest BCUT2D eigenvalue weighted by atomic mass is 16.5. The number of hydrogen-bond donors (Lipinski definition) is 1. The van der Waals surface area contributed by atoms with Crippen LogP contribution in [0.5, 0.6) is 0 Å². The molecule has 1 N–H and O–H groups in total. The van der Waals surface area contributed by atoms with E-state index in [2.05, 4.69) is 12.2 Å². The van der Waals surface area contributed by atoms with Crippen LogP contribution in [0.25, 0.3) is 0 Å². The van der Waals surface area contributed by atoms with Crippen LogP contribution in [0, 0.1) is 11.8 Å². The first-order valence-corrected chi connectivity index (χ1v) is 6.72. The fraction of sp³-hybridized carbons (Fsp3) is 1.00. The fourth-order valence-corrected chi connectivity index (χ4v) is 3.71. The molecule has 3 rings (SSSR count). The molecular formula is C13H23NO. The first kappa shape index (κ1) is 10.1. The van der Waals surface area contributed by atoms with Crippen molar-refractivity contribution >= 4 is 0 Å². The van der Waals surface area contributed by atoms with Crippen molar-refractivity contribution in [2.75, 3.05) is 6.54 Å². The summed E-state index contributed by atoms with van der Waals surface area (Å²) >= 11 is 0. The highest BCUT2D eigenvalue weighted by Crippen LogP contribution is 2.38. The summed E-state index contributed by atoms with van der Waals surface area (Å²) in [5, 5.41) is 3.78. The second-order valence-electron chi connectivity index (χ2n) is 5.79. The molecule has 0 spiro atoms. The number of fused-ring (bicyclic) bond motifs is 2. The molecule has 0 aromatic carbocycles. The van der Waals surface area contributed by atoms with Gasteiger partial charge in [-0.3, -0.25) is 0 Å². The summed E-state index contributed by atoms with van der Waals surface area (Å²) < 4.78 is 5.89. The number of ether oxygens (including phenoxy) is 1. The molecule has 0 amide bonds. The molecule has 3 aliphatic rings. The van der Waals surface area contributed by atoms with Gasteiger partial charge in [-0.15, -0.1) is 0 Å². The zero-order chi connectivity index (χ0) is 10.3. The molecule has 86 valence electrons. The third kappa shape index (κ3) is 1.94. The molecule has 2 saturated heterocycles. The van der Waals surface area contributed by atoms with Gasteiger partial charge in [0.1, 0.15) is 0 Å². The van der Waals surface area contributed by atoms with Crippen LogP contribution in [0.3, 0.4) is 0 Å². The molecule has 1 saturated carbocycles. The maximum absolute atomic E-state index is 5.89. The first-order chi connectivity index (χ1) is 7.33. The lowest BCUT2D eigenvalue weighted by Crippen LogP contribution is -2.37. The molecule has 2 nitrogen and oxygen atoms in total. The van der Waals surface area contributed by atoms with Gasteiger partial charge in [-0.1, -0.05) is 13.3 Å². The van der Waals surface area contributed by atoms with E-state index in [1.807, 2.05) is 0 Å². The van der Waals surface area contributed by atoms with Crippen LogP contribution in [-0.4, -0.2) is 24.8 Å². The molecule has 5 unspecified atom stereocenters. The van der Waals surface area contributed by atoms with Crippen LogP contribution in [0.4, 0.5) is 0 Å². The predicted molar refractivity (Wildman–Crippen MR) is 60.8 cm³/mol. The van der Waals surface area contributed by atoms with Crippen molar-refractivity contribution in [2.45, 2.75) is 63.7 Å². The Morgan fingerprint density at radius 2 is 2.13 bits per heavy atom. The van der Waals surface area contributed by atoms with Crippen LogP contribution < -0.4 is 5.32 Å². The molecule has 3 fully saturated rings. The van der Waals surface area contributed by atoms with E-state index < -0.39 is 0 Å². The van der Waals surface area contributed by atoms with Gasteiger partial charge in [-0.05, 0) is 38.0 Å². The molecular weight excluding hydrogens is 186 g/mol. The van der Waals surface area contributed by atoms with Gasteiger partial charge < -0.3 is 10.1 Å². The third-order valence-electron chi connectivity index (χ3n) is 4.74. The van der Waals surface area contributed by atoms with E-state index in [0.717, 1.165) is 17.9 Å². The molecule has 1 aliphatic carbocycles. The summed E-state index contributed by atoms with van der Waals surface area (Å²) in [6, 6.07) is 0.795. The van der Waals surface area contributed by atoms with Gasteiger partial charge in [-0.25, -0.2) is 0 Å². The number of hydrogen-bond acceptors (Lipinski definition) is 2. The van der Waals surface area contributed by atoms with E-state index in [-0.39, 0.29) is 0 Å². The molecule has 2 heterocycles. The van der Waals surface area contributed by atoms with E-state index in [4.69, 9.17) is 4.74 Å². The lowest BCUT2D eigenvalue weighted by Gasteiger charge is -2.23. The Kier molecular flexibility index (Phi) is 2.73. The van der Waals surface area contributed by atoms with Gasteiger partial charge >= 0.3 is 0 Å². The normalized spacial score (nSPS) is 49.0. The maximum atomic E-state index is 5.89. The average Bonchev–Trinajstić information content (AvgIpc) is 2.90. The van der Waals surface area contributed by atoms with Gasteiger partial charge in [0.05, 0.1) is 12.2 Å². The minimum Gasteiger partial charge on any atom is -0.375 e. The predicted octanol–water partition coefficient (Wildman–Crippen LogP) is 2.33. The van der Waals surface area contributed by atoms with Crippen molar-refractivity contribution in [2.24, 2.45) is 11.8 Å². The summed E-state index contributed by atoms with van der Waals surface area (Å²) in [6.45, 7) is 3.60. The maximum Gasteiger partial charge on any atom is 0.0621 e. The van der Waals surface area contributed by atoms with E-state index in [9.17, 15) is 0 Å². The van der Waals surface area contributed by atoms with Crippen molar-refractivity contribution in [3.8, 4) is 0 Å². The average molecular weight is 209 g/mol. The Balaban J connectivity index is 1.46. The zero-order valence-electron chi connectivity index (χ0n) is 9.74. The minimum atomic E-state index is 0.596. The summed E-state index contributed by atoms with van der Waals surface area (Å²) in [7, 11) is 0. The highest BCUT2D eigenvalue weighted by molar-refractivity contribution is 4.91. The zero-order valence-corrected chi connectivity index (χ0v) is 9.74. The summed E-state index contributed by atoms with van der Waals surface area (Å²) in [4.78, 5) is 0. The van der Waals surface area contributed by atoms with Crippen molar-refractivity contribution in [1.82, 2.24) is 5.32 Å². The van der Waals surface area contributed by atoms with Crippen molar-refractivity contribution in [1.29, 1.82) is 0 Å². The monoisotopic (exact) mass is 209 g/mol. The summed E-state index contributed by atoms with van der Waals surface area (Å²) in [5.74, 6) is 1.71. The second kappa shape index (κ2) is 4.06. The quantitative estimate of drug-likeness (QED) is 0.770. The molecule has 2 aliphatic heterocycles. The molecule has 0 aromatic heterocycles. The molecule has 2 bridgehead atoms. The third-order valence-corrected chi connectivity index (χ3v) is 4.74. The van der Waals surface area contributed by atoms with Crippen molar-refractivity contribution in [3.63, 3.8) is 0 Å². The van der Waals surface area contributed by atoms with Crippen molar-refractivity contribution in [3.05, 3.63) is 0 Å². The van der Waals surface area contributed by atoms with E-state index in [1.54, 1.807) is 0 Å². The van der Waals surface area contributed by atoms with E-state index in [1.165, 1.54) is 45.1 Å². The number of nitrogens with one attached hydrogen (secondary N) is 1. The van der Waals surface area contributed by atoms with Crippen LogP contribution in [0.2, 0.25) is 0 Å². The van der Waals surface area contributed by atoms with Crippen LogP contribution in [-0.2, 0) is 4.74 Å². The van der Waals surface area contributed by atoms with Gasteiger partial charge in [-0.2, -0.15) is 0 Å². The standard InChI is InChI=1S/C13H23NO/c1-9-3-2-4-12(9)14-8-10-7-11-5-6-13(10)15-11/h9-14H,2-8H2,1H3. The van der Waals surface area contributed by atoms with Crippen LogP contribution in [0.15, 0.2) is 0 Å².